The summed E-state index contributed by atoms with van der Waals surface area (Å²) < 4.78 is 1.57. The van der Waals surface area contributed by atoms with Crippen LogP contribution in [0.2, 0.25) is 0 Å². The van der Waals surface area contributed by atoms with E-state index >= 15 is 0 Å². The fourth-order valence-corrected chi connectivity index (χ4v) is 1.64. The number of ketones is 2. The number of aliphatic hydroxyl groups is 1. The van der Waals surface area contributed by atoms with Crippen molar-refractivity contribution in [3.63, 3.8) is 0 Å². The molecule has 5 heteroatoms. The molecule has 0 spiro atoms. The van der Waals surface area contributed by atoms with Crippen LogP contribution in [0.3, 0.4) is 0 Å². The van der Waals surface area contributed by atoms with Crippen LogP contribution in [-0.2, 0) is 6.54 Å². The van der Waals surface area contributed by atoms with Crippen molar-refractivity contribution in [3.05, 3.63) is 60.2 Å². The second-order valence-corrected chi connectivity index (χ2v) is 3.98. The fourth-order valence-electron chi connectivity index (χ4n) is 1.64. The maximum absolute atomic E-state index is 12.0. The third-order valence-electron chi connectivity index (χ3n) is 2.61. The van der Waals surface area contributed by atoms with Crippen molar-refractivity contribution in [2.45, 2.75) is 6.54 Å². The number of hydrogen-bond donors (Lipinski definition) is 1. The number of aromatic nitrogens is 2. The Balaban J connectivity index is 2.16. The Morgan fingerprint density at radius 1 is 1.16 bits per heavy atom. The minimum atomic E-state index is -0.594. The van der Waals surface area contributed by atoms with Crippen molar-refractivity contribution in [1.82, 2.24) is 4.98 Å². The molecule has 0 amide bonds. The van der Waals surface area contributed by atoms with Gasteiger partial charge in [-0.25, -0.2) is 4.98 Å². The highest BCUT2D eigenvalue weighted by Crippen LogP contribution is 2.00. The first kappa shape index (κ1) is 13.0. The zero-order valence-corrected chi connectivity index (χ0v) is 10.2. The summed E-state index contributed by atoms with van der Waals surface area (Å²) in [7, 11) is 0. The van der Waals surface area contributed by atoms with E-state index in [4.69, 9.17) is 5.11 Å². The van der Waals surface area contributed by atoms with Crippen LogP contribution >= 0.6 is 0 Å². The molecule has 5 nitrogen and oxygen atoms in total. The van der Waals surface area contributed by atoms with E-state index in [0.29, 0.717) is 5.56 Å². The molecule has 0 aliphatic heterocycles. The maximum atomic E-state index is 12.0. The Bertz CT molecular complexity index is 597. The second kappa shape index (κ2) is 5.97. The van der Waals surface area contributed by atoms with Crippen LogP contribution in [0.25, 0.3) is 0 Å². The first-order valence-corrected chi connectivity index (χ1v) is 5.78. The molecule has 2 aromatic rings. The SMILES string of the molecule is O=C(C[n+]1ccnc(C(=O)CO)c1)c1ccccc1. The predicted octanol–water partition coefficient (Wildman–Crippen LogP) is 0.427. The van der Waals surface area contributed by atoms with Gasteiger partial charge in [0.1, 0.15) is 6.61 Å². The molecule has 0 atom stereocenters. The van der Waals surface area contributed by atoms with E-state index in [-0.39, 0.29) is 18.0 Å². The van der Waals surface area contributed by atoms with Gasteiger partial charge in [-0.3, -0.25) is 9.59 Å². The van der Waals surface area contributed by atoms with Crippen molar-refractivity contribution in [2.75, 3.05) is 6.61 Å². The first-order valence-electron chi connectivity index (χ1n) is 5.78. The zero-order chi connectivity index (χ0) is 13.7. The summed E-state index contributed by atoms with van der Waals surface area (Å²) >= 11 is 0. The molecule has 2 rings (SSSR count). The Hall–Kier alpha value is -2.40. The van der Waals surface area contributed by atoms with Gasteiger partial charge >= 0.3 is 0 Å². The molecule has 0 fully saturated rings. The molecule has 0 saturated heterocycles. The van der Waals surface area contributed by atoms with Gasteiger partial charge in [0.2, 0.25) is 18.1 Å². The van der Waals surface area contributed by atoms with Gasteiger partial charge in [-0.1, -0.05) is 30.3 Å². The Morgan fingerprint density at radius 3 is 2.58 bits per heavy atom. The number of rotatable bonds is 5. The van der Waals surface area contributed by atoms with Gasteiger partial charge in [0, 0.05) is 5.56 Å². The number of carbonyl (C=O) groups excluding carboxylic acids is 2. The van der Waals surface area contributed by atoms with Gasteiger partial charge in [-0.2, -0.15) is 4.57 Å². The molecule has 0 radical (unpaired) electrons. The number of benzene rings is 1. The largest absolute Gasteiger partial charge is 0.388 e. The van der Waals surface area contributed by atoms with Crippen molar-refractivity contribution >= 4 is 11.6 Å². The highest BCUT2D eigenvalue weighted by molar-refractivity contribution is 5.95. The van der Waals surface area contributed by atoms with Gasteiger partial charge in [-0.05, 0) is 0 Å². The molecule has 19 heavy (non-hydrogen) atoms. The van der Waals surface area contributed by atoms with E-state index in [1.54, 1.807) is 35.0 Å². The molecule has 0 aliphatic carbocycles. The maximum Gasteiger partial charge on any atom is 0.227 e. The number of hydrogen-bond acceptors (Lipinski definition) is 4. The average molecular weight is 257 g/mol. The van der Waals surface area contributed by atoms with Gasteiger partial charge in [0.25, 0.3) is 0 Å². The first-order chi connectivity index (χ1) is 9.20. The van der Waals surface area contributed by atoms with E-state index in [9.17, 15) is 9.59 Å². The fraction of sp³-hybridized carbons (Fsp3) is 0.143. The zero-order valence-electron chi connectivity index (χ0n) is 10.2. The standard InChI is InChI=1S/C14H13N2O3/c17-10-14(19)12-8-16(7-6-15-12)9-13(18)11-4-2-1-3-5-11/h1-8,17H,9-10H2/q+1. The lowest BCUT2D eigenvalue weighted by Crippen LogP contribution is -2.38. The van der Waals surface area contributed by atoms with E-state index in [1.807, 2.05) is 6.07 Å². The van der Waals surface area contributed by atoms with E-state index in [1.165, 1.54) is 12.4 Å². The lowest BCUT2D eigenvalue weighted by Gasteiger charge is -1.99. The Morgan fingerprint density at radius 2 is 1.89 bits per heavy atom. The normalized spacial score (nSPS) is 10.2. The van der Waals surface area contributed by atoms with Crippen LogP contribution in [0, 0.1) is 0 Å². The summed E-state index contributed by atoms with van der Waals surface area (Å²) in [5, 5.41) is 8.77. The summed E-state index contributed by atoms with van der Waals surface area (Å²) in [6, 6.07) is 8.92. The van der Waals surface area contributed by atoms with Crippen molar-refractivity contribution in [1.29, 1.82) is 0 Å². The van der Waals surface area contributed by atoms with Gasteiger partial charge in [0.15, 0.2) is 18.1 Å². The van der Waals surface area contributed by atoms with Crippen LogP contribution in [0.5, 0.6) is 0 Å². The lowest BCUT2D eigenvalue weighted by molar-refractivity contribution is -0.683. The van der Waals surface area contributed by atoms with Crippen molar-refractivity contribution < 1.29 is 19.3 Å². The van der Waals surface area contributed by atoms with Gasteiger partial charge in [-0.15, -0.1) is 0 Å². The molecule has 1 N–H and O–H groups in total. The molecule has 1 heterocycles. The topological polar surface area (TPSA) is 71.1 Å². The predicted molar refractivity (Wildman–Crippen MR) is 66.6 cm³/mol. The molecule has 0 saturated carbocycles. The molecule has 0 unspecified atom stereocenters. The Labute approximate surface area is 110 Å². The van der Waals surface area contributed by atoms with Crippen LogP contribution in [0.4, 0.5) is 0 Å². The molecular weight excluding hydrogens is 244 g/mol. The van der Waals surface area contributed by atoms with Crippen LogP contribution in [0.15, 0.2) is 48.9 Å². The summed E-state index contributed by atoms with van der Waals surface area (Å²) in [5.74, 6) is -0.527. The molecule has 1 aromatic carbocycles. The van der Waals surface area contributed by atoms with Gasteiger partial charge in [0.05, 0.1) is 6.20 Å². The number of aliphatic hydroxyl groups excluding tert-OH is 1. The molecule has 96 valence electrons. The Kier molecular flexibility index (Phi) is 4.10. The average Bonchev–Trinajstić information content (AvgIpc) is 2.47. The van der Waals surface area contributed by atoms with E-state index in [0.717, 1.165) is 0 Å². The highest BCUT2D eigenvalue weighted by Gasteiger charge is 2.15. The number of nitrogens with zero attached hydrogens (tertiary/aromatic N) is 2. The van der Waals surface area contributed by atoms with Crippen molar-refractivity contribution in [3.8, 4) is 0 Å². The second-order valence-electron chi connectivity index (χ2n) is 3.98. The van der Waals surface area contributed by atoms with Crippen LogP contribution in [0.1, 0.15) is 20.8 Å². The van der Waals surface area contributed by atoms with Crippen LogP contribution in [-0.4, -0.2) is 28.3 Å². The van der Waals surface area contributed by atoms with E-state index in [2.05, 4.69) is 4.98 Å². The minimum absolute atomic E-state index is 0.0563. The van der Waals surface area contributed by atoms with Gasteiger partial charge < -0.3 is 5.11 Å². The molecule has 0 bridgehead atoms. The third-order valence-corrected chi connectivity index (χ3v) is 2.61. The lowest BCUT2D eigenvalue weighted by atomic mass is 10.1. The summed E-state index contributed by atoms with van der Waals surface area (Å²) in [6.07, 6.45) is 4.50. The molecule has 0 aliphatic rings. The monoisotopic (exact) mass is 257 g/mol. The highest BCUT2D eigenvalue weighted by atomic mass is 16.3. The van der Waals surface area contributed by atoms with E-state index < -0.39 is 12.4 Å². The van der Waals surface area contributed by atoms with Crippen molar-refractivity contribution in [2.24, 2.45) is 0 Å². The summed E-state index contributed by atoms with van der Waals surface area (Å²) in [6.45, 7) is -0.470. The van der Waals surface area contributed by atoms with Crippen LogP contribution < -0.4 is 4.57 Å². The number of Topliss-reactive ketones (excluding diaryl/α,β-unsaturated/α-hetero) is 2. The third kappa shape index (κ3) is 3.29. The minimum Gasteiger partial charge on any atom is -0.388 e. The number of carbonyl (C=O) groups is 2. The molecular formula is C14H13N2O3+. The quantitative estimate of drug-likeness (QED) is 0.622. The summed E-state index contributed by atoms with van der Waals surface area (Å²) in [4.78, 5) is 27.1. The molecule has 1 aromatic heterocycles. The smallest absolute Gasteiger partial charge is 0.227 e. The summed E-state index contributed by atoms with van der Waals surface area (Å²) in [5.41, 5.74) is 0.757.